The summed E-state index contributed by atoms with van der Waals surface area (Å²) in [6.07, 6.45) is 0.589. The van der Waals surface area contributed by atoms with Gasteiger partial charge < -0.3 is 9.74 Å². The lowest BCUT2D eigenvalue weighted by Gasteiger charge is -2.37. The van der Waals surface area contributed by atoms with Crippen LogP contribution in [0.5, 0.6) is 0 Å². The van der Waals surface area contributed by atoms with E-state index in [4.69, 9.17) is 4.43 Å². The maximum absolute atomic E-state index is 11.6. The molecular weight excluding hydrogens is 206 g/mol. The maximum atomic E-state index is 11.6. The monoisotopic (exact) mass is 229 g/mol. The first-order chi connectivity index (χ1) is 6.63. The third kappa shape index (κ3) is 2.81. The van der Waals surface area contributed by atoms with Crippen LogP contribution in [-0.4, -0.2) is 26.4 Å². The Bertz CT molecular complexity index is 258. The number of amides is 1. The molecule has 3 nitrogen and oxygen atoms in total. The third-order valence-corrected chi connectivity index (χ3v) is 7.98. The van der Waals surface area contributed by atoms with Crippen LogP contribution in [0.2, 0.25) is 18.1 Å². The number of carbonyl (C=O) groups excluding carboxylic acids is 1. The second-order valence-electron chi connectivity index (χ2n) is 6.01. The van der Waals surface area contributed by atoms with Crippen molar-refractivity contribution >= 4 is 14.2 Å². The van der Waals surface area contributed by atoms with Crippen molar-refractivity contribution in [3.8, 4) is 0 Å². The molecule has 88 valence electrons. The van der Waals surface area contributed by atoms with Gasteiger partial charge in [0, 0.05) is 12.5 Å². The van der Waals surface area contributed by atoms with Crippen LogP contribution in [0.4, 0.5) is 0 Å². The molecule has 0 bridgehead atoms. The summed E-state index contributed by atoms with van der Waals surface area (Å²) in [6, 6.07) is 0.257. The first kappa shape index (κ1) is 12.7. The van der Waals surface area contributed by atoms with Crippen molar-refractivity contribution < 1.29 is 9.22 Å². The molecule has 0 aliphatic carbocycles. The van der Waals surface area contributed by atoms with E-state index in [2.05, 4.69) is 39.2 Å². The lowest BCUT2D eigenvalue weighted by atomic mass is 10.2. The van der Waals surface area contributed by atoms with Crippen LogP contribution in [0.25, 0.3) is 0 Å². The van der Waals surface area contributed by atoms with E-state index < -0.39 is 8.32 Å². The predicted molar refractivity (Wildman–Crippen MR) is 64.3 cm³/mol. The molecule has 0 aromatic carbocycles. The Hall–Kier alpha value is -0.353. The smallest absolute Gasteiger partial charge is 0.248 e. The molecule has 1 fully saturated rings. The van der Waals surface area contributed by atoms with Crippen LogP contribution in [-0.2, 0) is 9.22 Å². The highest BCUT2D eigenvalue weighted by Gasteiger charge is 2.42. The van der Waals surface area contributed by atoms with Crippen LogP contribution in [0.3, 0.4) is 0 Å². The predicted octanol–water partition coefficient (Wildman–Crippen LogP) is 2.29. The SMILES string of the molecule is CC1C[C@H](O[Si](C)(C)C(C)(C)C)C(=O)N1. The fourth-order valence-electron chi connectivity index (χ4n) is 1.46. The molecule has 15 heavy (non-hydrogen) atoms. The average Bonchev–Trinajstić information content (AvgIpc) is 2.26. The second kappa shape index (κ2) is 3.90. The van der Waals surface area contributed by atoms with Gasteiger partial charge in [0.1, 0.15) is 6.10 Å². The van der Waals surface area contributed by atoms with E-state index in [1.54, 1.807) is 0 Å². The van der Waals surface area contributed by atoms with Crippen LogP contribution in [0.15, 0.2) is 0 Å². The molecule has 1 heterocycles. The molecule has 1 amide bonds. The van der Waals surface area contributed by atoms with E-state index in [0.29, 0.717) is 0 Å². The van der Waals surface area contributed by atoms with Gasteiger partial charge in [-0.05, 0) is 25.1 Å². The first-order valence-electron chi connectivity index (χ1n) is 5.62. The Morgan fingerprint density at radius 1 is 1.40 bits per heavy atom. The van der Waals surface area contributed by atoms with E-state index >= 15 is 0 Å². The summed E-state index contributed by atoms with van der Waals surface area (Å²) in [7, 11) is -1.80. The van der Waals surface area contributed by atoms with Crippen LogP contribution in [0.1, 0.15) is 34.1 Å². The van der Waals surface area contributed by atoms with Gasteiger partial charge in [-0.2, -0.15) is 0 Å². The molecule has 0 aromatic heterocycles. The normalized spacial score (nSPS) is 28.0. The van der Waals surface area contributed by atoms with Gasteiger partial charge in [0.05, 0.1) is 0 Å². The van der Waals surface area contributed by atoms with Gasteiger partial charge in [0.25, 0.3) is 0 Å². The summed E-state index contributed by atoms with van der Waals surface area (Å²) in [5, 5.41) is 3.06. The van der Waals surface area contributed by atoms with Crippen molar-refractivity contribution in [3.63, 3.8) is 0 Å². The van der Waals surface area contributed by atoms with Crippen molar-refractivity contribution in [3.05, 3.63) is 0 Å². The molecule has 0 aromatic rings. The van der Waals surface area contributed by atoms with Crippen LogP contribution < -0.4 is 5.32 Å². The molecule has 1 aliphatic rings. The minimum Gasteiger partial charge on any atom is -0.405 e. The van der Waals surface area contributed by atoms with Crippen molar-refractivity contribution in [2.24, 2.45) is 0 Å². The lowest BCUT2D eigenvalue weighted by molar-refractivity contribution is -0.125. The molecule has 2 atom stereocenters. The molecule has 0 saturated carbocycles. The third-order valence-electron chi connectivity index (χ3n) is 3.49. The lowest BCUT2D eigenvalue weighted by Crippen LogP contribution is -2.45. The zero-order chi connectivity index (χ0) is 11.9. The number of carbonyl (C=O) groups is 1. The van der Waals surface area contributed by atoms with E-state index in [1.165, 1.54) is 0 Å². The zero-order valence-electron chi connectivity index (χ0n) is 10.7. The molecule has 4 heteroatoms. The Kier molecular flexibility index (Phi) is 3.31. The van der Waals surface area contributed by atoms with E-state index in [-0.39, 0.29) is 23.1 Å². The Morgan fingerprint density at radius 2 is 1.93 bits per heavy atom. The molecule has 1 rings (SSSR count). The van der Waals surface area contributed by atoms with E-state index in [0.717, 1.165) is 6.42 Å². The molecule has 1 aliphatic heterocycles. The second-order valence-corrected chi connectivity index (χ2v) is 10.8. The van der Waals surface area contributed by atoms with E-state index in [9.17, 15) is 4.79 Å². The van der Waals surface area contributed by atoms with Crippen LogP contribution in [0, 0.1) is 0 Å². The topological polar surface area (TPSA) is 38.3 Å². The zero-order valence-corrected chi connectivity index (χ0v) is 11.7. The van der Waals surface area contributed by atoms with Crippen molar-refractivity contribution in [2.45, 2.75) is 64.4 Å². The number of rotatable bonds is 2. The van der Waals surface area contributed by atoms with Gasteiger partial charge in [-0.25, -0.2) is 0 Å². The number of hydrogen-bond donors (Lipinski definition) is 1. The fourth-order valence-corrected chi connectivity index (χ4v) is 2.73. The van der Waals surface area contributed by atoms with E-state index in [1.807, 2.05) is 6.92 Å². The summed E-state index contributed by atoms with van der Waals surface area (Å²) in [5.41, 5.74) is 0. The van der Waals surface area contributed by atoms with Gasteiger partial charge in [0.2, 0.25) is 5.91 Å². The molecule has 1 N–H and O–H groups in total. The number of nitrogens with one attached hydrogen (secondary N) is 1. The first-order valence-corrected chi connectivity index (χ1v) is 8.52. The fraction of sp³-hybridized carbons (Fsp3) is 0.909. The Labute approximate surface area is 93.7 Å². The highest BCUT2D eigenvalue weighted by molar-refractivity contribution is 6.74. The van der Waals surface area contributed by atoms with Gasteiger partial charge >= 0.3 is 0 Å². The summed E-state index contributed by atoms with van der Waals surface area (Å²) in [4.78, 5) is 11.6. The number of hydrogen-bond acceptors (Lipinski definition) is 2. The van der Waals surface area contributed by atoms with Gasteiger partial charge in [-0.1, -0.05) is 20.8 Å². The molecule has 0 radical (unpaired) electrons. The quantitative estimate of drug-likeness (QED) is 0.738. The highest BCUT2D eigenvalue weighted by atomic mass is 28.4. The molecular formula is C11H23NO2Si. The van der Waals surface area contributed by atoms with Crippen LogP contribution >= 0.6 is 0 Å². The summed E-state index contributed by atoms with van der Waals surface area (Å²) < 4.78 is 6.07. The minimum atomic E-state index is -1.80. The van der Waals surface area contributed by atoms with Gasteiger partial charge in [0.15, 0.2) is 8.32 Å². The van der Waals surface area contributed by atoms with Crippen molar-refractivity contribution in [1.29, 1.82) is 0 Å². The Balaban J connectivity index is 2.66. The Morgan fingerprint density at radius 3 is 2.27 bits per heavy atom. The standard InChI is InChI=1S/C11H23NO2Si/c1-8-7-9(10(13)12-8)14-15(5,6)11(2,3)4/h8-9H,7H2,1-6H3,(H,12,13)/t8?,9-/m0/s1. The van der Waals surface area contributed by atoms with Gasteiger partial charge in [-0.3, -0.25) is 4.79 Å². The average molecular weight is 229 g/mol. The minimum absolute atomic E-state index is 0.0623. The largest absolute Gasteiger partial charge is 0.405 e. The highest BCUT2D eigenvalue weighted by Crippen LogP contribution is 2.38. The summed E-state index contributed by atoms with van der Waals surface area (Å²) >= 11 is 0. The summed E-state index contributed by atoms with van der Waals surface area (Å²) in [5.74, 6) is 0.0623. The molecule has 0 spiro atoms. The molecule has 1 unspecified atom stereocenters. The van der Waals surface area contributed by atoms with Crippen molar-refractivity contribution in [2.75, 3.05) is 0 Å². The van der Waals surface area contributed by atoms with Gasteiger partial charge in [-0.15, -0.1) is 0 Å². The molecule has 1 saturated heterocycles. The van der Waals surface area contributed by atoms with Crippen molar-refractivity contribution in [1.82, 2.24) is 5.32 Å². The summed E-state index contributed by atoms with van der Waals surface area (Å²) in [6.45, 7) is 13.0. The maximum Gasteiger partial charge on any atom is 0.248 e.